The molecule has 4 N–H and O–H groups in total. The van der Waals surface area contributed by atoms with E-state index >= 15 is 0 Å². The van der Waals surface area contributed by atoms with Crippen LogP contribution >= 0.6 is 11.6 Å². The number of carboxylic acids is 2. The van der Waals surface area contributed by atoms with Crippen molar-refractivity contribution < 1.29 is 29.4 Å². The molecule has 23 heavy (non-hydrogen) atoms. The van der Waals surface area contributed by atoms with Gasteiger partial charge in [0.15, 0.2) is 0 Å². The maximum absolute atomic E-state index is 11.4. The Balaban J connectivity index is 2.74. The van der Waals surface area contributed by atoms with Gasteiger partial charge < -0.3 is 20.8 Å². The van der Waals surface area contributed by atoms with Gasteiger partial charge in [0.1, 0.15) is 0 Å². The zero-order valence-electron chi connectivity index (χ0n) is 11.4. The van der Waals surface area contributed by atoms with Crippen LogP contribution in [-0.2, 0) is 19.2 Å². The molecule has 120 valence electrons. The van der Waals surface area contributed by atoms with Crippen LogP contribution in [0.25, 0.3) is 0 Å². The van der Waals surface area contributed by atoms with Gasteiger partial charge in [0.25, 0.3) is 0 Å². The predicted molar refractivity (Wildman–Crippen MR) is 82.3 cm³/mol. The van der Waals surface area contributed by atoms with Gasteiger partial charge in [-0.1, -0.05) is 11.6 Å². The number of halogens is 1. The van der Waals surface area contributed by atoms with E-state index in [9.17, 15) is 19.2 Å². The fourth-order valence-corrected chi connectivity index (χ4v) is 1.57. The SMILES string of the molecule is O=C(O)/C=C\C(=O)Nc1ccc(NC(=O)/C=C\C(=O)O)c(Cl)c1. The molecule has 0 atom stereocenters. The first kappa shape index (κ1) is 17.9. The number of benzene rings is 1. The summed E-state index contributed by atoms with van der Waals surface area (Å²) in [6.45, 7) is 0. The predicted octanol–water partition coefficient (Wildman–Crippen LogP) is 1.50. The number of carboxylic acid groups (broad SMARTS) is 2. The van der Waals surface area contributed by atoms with Crippen molar-refractivity contribution in [3.8, 4) is 0 Å². The first-order valence-electron chi connectivity index (χ1n) is 6.01. The van der Waals surface area contributed by atoms with Gasteiger partial charge in [0.2, 0.25) is 11.8 Å². The first-order valence-corrected chi connectivity index (χ1v) is 6.39. The maximum atomic E-state index is 11.4. The molecule has 2 amide bonds. The van der Waals surface area contributed by atoms with E-state index in [-0.39, 0.29) is 16.4 Å². The molecule has 0 unspecified atom stereocenters. The average Bonchev–Trinajstić information content (AvgIpc) is 2.46. The highest BCUT2D eigenvalue weighted by Gasteiger charge is 2.06. The molecule has 0 aliphatic rings. The van der Waals surface area contributed by atoms with Crippen molar-refractivity contribution in [2.75, 3.05) is 10.6 Å². The van der Waals surface area contributed by atoms with E-state index in [1.54, 1.807) is 0 Å². The second kappa shape index (κ2) is 8.35. The van der Waals surface area contributed by atoms with Crippen LogP contribution in [0.15, 0.2) is 42.5 Å². The van der Waals surface area contributed by atoms with Crippen LogP contribution in [0.4, 0.5) is 11.4 Å². The molecule has 0 saturated carbocycles. The van der Waals surface area contributed by atoms with Gasteiger partial charge in [-0.25, -0.2) is 9.59 Å². The molecule has 8 nitrogen and oxygen atoms in total. The maximum Gasteiger partial charge on any atom is 0.328 e. The number of aliphatic carboxylic acids is 2. The van der Waals surface area contributed by atoms with Crippen molar-refractivity contribution in [3.63, 3.8) is 0 Å². The average molecular weight is 339 g/mol. The summed E-state index contributed by atoms with van der Waals surface area (Å²) in [6, 6.07) is 4.16. The smallest absolute Gasteiger partial charge is 0.328 e. The van der Waals surface area contributed by atoms with Crippen molar-refractivity contribution in [2.45, 2.75) is 0 Å². The summed E-state index contributed by atoms with van der Waals surface area (Å²) in [5, 5.41) is 21.6. The molecule has 0 spiro atoms. The Kier molecular flexibility index (Phi) is 6.50. The first-order chi connectivity index (χ1) is 10.8. The van der Waals surface area contributed by atoms with E-state index in [0.717, 1.165) is 12.2 Å². The van der Waals surface area contributed by atoms with Crippen molar-refractivity contribution in [2.24, 2.45) is 0 Å². The minimum absolute atomic E-state index is 0.0992. The normalized spacial score (nSPS) is 10.7. The number of anilines is 2. The van der Waals surface area contributed by atoms with Gasteiger partial charge in [-0.05, 0) is 18.2 Å². The lowest BCUT2D eigenvalue weighted by atomic mass is 10.2. The molecular formula is C14H11ClN2O6. The third-order valence-electron chi connectivity index (χ3n) is 2.25. The Bertz CT molecular complexity index is 711. The number of hydrogen-bond donors (Lipinski definition) is 4. The number of nitrogens with one attached hydrogen (secondary N) is 2. The Hall–Kier alpha value is -3.13. The highest BCUT2D eigenvalue weighted by Crippen LogP contribution is 2.25. The Morgan fingerprint density at radius 2 is 1.39 bits per heavy atom. The second-order valence-electron chi connectivity index (χ2n) is 4.02. The lowest BCUT2D eigenvalue weighted by Gasteiger charge is -2.08. The van der Waals surface area contributed by atoms with E-state index in [1.807, 2.05) is 0 Å². The van der Waals surface area contributed by atoms with E-state index in [4.69, 9.17) is 21.8 Å². The summed E-state index contributed by atoms with van der Waals surface area (Å²) in [5.74, 6) is -3.87. The number of amides is 2. The minimum Gasteiger partial charge on any atom is -0.478 e. The van der Waals surface area contributed by atoms with Gasteiger partial charge in [0.05, 0.1) is 10.7 Å². The summed E-state index contributed by atoms with van der Waals surface area (Å²) in [7, 11) is 0. The summed E-state index contributed by atoms with van der Waals surface area (Å²) < 4.78 is 0. The summed E-state index contributed by atoms with van der Waals surface area (Å²) >= 11 is 5.93. The zero-order valence-corrected chi connectivity index (χ0v) is 12.2. The molecule has 0 saturated heterocycles. The van der Waals surface area contributed by atoms with Crippen LogP contribution in [0, 0.1) is 0 Å². The van der Waals surface area contributed by atoms with Crippen molar-refractivity contribution >= 4 is 46.7 Å². The van der Waals surface area contributed by atoms with E-state index in [2.05, 4.69) is 10.6 Å². The Morgan fingerprint density at radius 1 is 0.870 bits per heavy atom. The molecule has 1 rings (SSSR count). The molecule has 0 aliphatic carbocycles. The highest BCUT2D eigenvalue weighted by atomic mass is 35.5. The molecule has 0 aliphatic heterocycles. The second-order valence-corrected chi connectivity index (χ2v) is 4.42. The molecule has 0 aromatic heterocycles. The van der Waals surface area contributed by atoms with Gasteiger partial charge >= 0.3 is 11.9 Å². The third kappa shape index (κ3) is 6.91. The van der Waals surface area contributed by atoms with E-state index < -0.39 is 23.8 Å². The number of hydrogen-bond acceptors (Lipinski definition) is 4. The Labute approximate surface area is 135 Å². The van der Waals surface area contributed by atoms with Gasteiger partial charge in [0, 0.05) is 30.0 Å². The van der Waals surface area contributed by atoms with Gasteiger partial charge in [-0.3, -0.25) is 9.59 Å². The van der Waals surface area contributed by atoms with Crippen LogP contribution in [0.1, 0.15) is 0 Å². The van der Waals surface area contributed by atoms with E-state index in [1.165, 1.54) is 18.2 Å². The van der Waals surface area contributed by atoms with E-state index in [0.29, 0.717) is 12.2 Å². The largest absolute Gasteiger partial charge is 0.478 e. The summed E-state index contributed by atoms with van der Waals surface area (Å²) in [4.78, 5) is 43.4. The standard InChI is InChI=1S/C14H11ClN2O6/c15-9-7-8(16-11(18)3-5-13(20)21)1-2-10(9)17-12(19)4-6-14(22)23/h1-7H,(H,16,18)(H,17,19)(H,20,21)(H,22,23)/b5-3-,6-4-. The van der Waals surface area contributed by atoms with Gasteiger partial charge in [-0.2, -0.15) is 0 Å². The summed E-state index contributed by atoms with van der Waals surface area (Å²) in [6.07, 6.45) is 3.01. The van der Waals surface area contributed by atoms with Crippen LogP contribution in [0.5, 0.6) is 0 Å². The molecule has 0 fully saturated rings. The highest BCUT2D eigenvalue weighted by molar-refractivity contribution is 6.34. The number of carbonyl (C=O) groups excluding carboxylic acids is 2. The molecule has 0 bridgehead atoms. The topological polar surface area (TPSA) is 133 Å². The molecule has 9 heteroatoms. The summed E-state index contributed by atoms with van der Waals surface area (Å²) in [5.41, 5.74) is 0.500. The quantitative estimate of drug-likeness (QED) is 0.581. The molecule has 1 aromatic carbocycles. The number of rotatable bonds is 6. The molecule has 0 radical (unpaired) electrons. The van der Waals surface area contributed by atoms with Gasteiger partial charge in [-0.15, -0.1) is 0 Å². The fraction of sp³-hybridized carbons (Fsp3) is 0. The lowest BCUT2D eigenvalue weighted by Crippen LogP contribution is -2.11. The fourth-order valence-electron chi connectivity index (χ4n) is 1.35. The zero-order chi connectivity index (χ0) is 17.4. The lowest BCUT2D eigenvalue weighted by molar-refractivity contribution is -0.132. The monoisotopic (exact) mass is 338 g/mol. The third-order valence-corrected chi connectivity index (χ3v) is 2.56. The molecular weight excluding hydrogens is 328 g/mol. The van der Waals surface area contributed by atoms with Crippen molar-refractivity contribution in [1.82, 2.24) is 0 Å². The van der Waals surface area contributed by atoms with Crippen LogP contribution in [0.3, 0.4) is 0 Å². The minimum atomic E-state index is -1.27. The van der Waals surface area contributed by atoms with Crippen LogP contribution in [0.2, 0.25) is 5.02 Å². The van der Waals surface area contributed by atoms with Crippen LogP contribution < -0.4 is 10.6 Å². The van der Waals surface area contributed by atoms with Crippen molar-refractivity contribution in [1.29, 1.82) is 0 Å². The molecule has 1 aromatic rings. The molecule has 0 heterocycles. The number of carbonyl (C=O) groups is 4. The van der Waals surface area contributed by atoms with Crippen LogP contribution in [-0.4, -0.2) is 34.0 Å². The Morgan fingerprint density at radius 3 is 1.87 bits per heavy atom. The van der Waals surface area contributed by atoms with Crippen molar-refractivity contribution in [3.05, 3.63) is 47.5 Å².